The molecule has 5 rings (SSSR count). The first kappa shape index (κ1) is 23.2. The second-order valence-corrected chi connectivity index (χ2v) is 8.44. The van der Waals surface area contributed by atoms with Crippen molar-refractivity contribution in [1.29, 1.82) is 0 Å². The topological polar surface area (TPSA) is 77.0 Å². The van der Waals surface area contributed by atoms with Crippen molar-refractivity contribution in [3.05, 3.63) is 102 Å². The summed E-state index contributed by atoms with van der Waals surface area (Å²) in [6.07, 6.45) is 3.15. The van der Waals surface area contributed by atoms with Crippen molar-refractivity contribution < 1.29 is 18.4 Å². The summed E-state index contributed by atoms with van der Waals surface area (Å²) >= 11 is 0. The molecule has 0 unspecified atom stereocenters. The maximum Gasteiger partial charge on any atom is 0.332 e. The number of carbonyl (C=O) groups excluding carboxylic acids is 1. The molecule has 0 saturated heterocycles. The largest absolute Gasteiger partial charge is 0.463 e. The summed E-state index contributed by atoms with van der Waals surface area (Å²) in [5, 5.41) is 6.39. The van der Waals surface area contributed by atoms with E-state index in [0.717, 1.165) is 44.2 Å². The molecule has 0 aliphatic carbocycles. The lowest BCUT2D eigenvalue weighted by Gasteiger charge is -2.10. The highest BCUT2D eigenvalue weighted by molar-refractivity contribution is 6.08. The summed E-state index contributed by atoms with van der Waals surface area (Å²) in [5.41, 5.74) is 10.3. The van der Waals surface area contributed by atoms with Gasteiger partial charge in [0.1, 0.15) is 11.2 Å². The van der Waals surface area contributed by atoms with Gasteiger partial charge in [0.15, 0.2) is 0 Å². The van der Waals surface area contributed by atoms with E-state index in [1.165, 1.54) is 6.08 Å². The van der Waals surface area contributed by atoms with Crippen molar-refractivity contribution in [2.75, 3.05) is 6.61 Å². The van der Waals surface area contributed by atoms with Gasteiger partial charge in [0, 0.05) is 39.7 Å². The molecule has 36 heavy (non-hydrogen) atoms. The molecule has 1 N–H and O–H groups in total. The Morgan fingerprint density at radius 2 is 1.58 bits per heavy atom. The Morgan fingerprint density at radius 1 is 0.944 bits per heavy atom. The lowest BCUT2D eigenvalue weighted by Crippen LogP contribution is -2.13. The van der Waals surface area contributed by atoms with E-state index in [-0.39, 0.29) is 0 Å². The van der Waals surface area contributed by atoms with Gasteiger partial charge in [0.2, 0.25) is 5.55 Å². The van der Waals surface area contributed by atoms with Crippen LogP contribution in [0.5, 0.6) is 0 Å². The molecule has 2 heterocycles. The first-order chi connectivity index (χ1) is 17.5. The molecule has 0 aliphatic heterocycles. The number of furan rings is 1. The SMILES string of the molecule is CCOC(=O)/C=C(\C)N/N=c1/cc(-c2ccccc2)c2cc3c(-c4ccccc4)coc3c(C)c2o1. The zero-order chi connectivity index (χ0) is 25.1. The van der Waals surface area contributed by atoms with E-state index in [9.17, 15) is 4.79 Å². The molecule has 0 spiro atoms. The third kappa shape index (κ3) is 4.53. The van der Waals surface area contributed by atoms with Crippen LogP contribution >= 0.6 is 0 Å². The number of nitrogens with zero attached hydrogens (tertiary/aromatic N) is 1. The zero-order valence-electron chi connectivity index (χ0n) is 20.4. The first-order valence-corrected chi connectivity index (χ1v) is 11.8. The summed E-state index contributed by atoms with van der Waals surface area (Å²) < 4.78 is 17.2. The predicted molar refractivity (Wildman–Crippen MR) is 141 cm³/mol. The first-order valence-electron chi connectivity index (χ1n) is 11.8. The summed E-state index contributed by atoms with van der Waals surface area (Å²) in [7, 11) is 0. The quantitative estimate of drug-likeness (QED) is 0.167. The zero-order valence-corrected chi connectivity index (χ0v) is 20.4. The third-order valence-corrected chi connectivity index (χ3v) is 5.94. The fourth-order valence-electron chi connectivity index (χ4n) is 4.27. The highest BCUT2D eigenvalue weighted by atomic mass is 16.5. The van der Waals surface area contributed by atoms with Crippen LogP contribution in [0, 0.1) is 6.92 Å². The average molecular weight is 479 g/mol. The fraction of sp³-hybridized carbons (Fsp3) is 0.133. The molecule has 6 nitrogen and oxygen atoms in total. The Kier molecular flexibility index (Phi) is 6.41. The number of ether oxygens (including phenoxy) is 1. The Morgan fingerprint density at radius 3 is 2.25 bits per heavy atom. The molecule has 0 fully saturated rings. The van der Waals surface area contributed by atoms with Crippen molar-refractivity contribution in [3.63, 3.8) is 0 Å². The Balaban J connectivity index is 1.71. The maximum absolute atomic E-state index is 11.7. The Labute approximate surface area is 208 Å². The van der Waals surface area contributed by atoms with Gasteiger partial charge in [-0.2, -0.15) is 0 Å². The van der Waals surface area contributed by atoms with Crippen LogP contribution in [0.25, 0.3) is 44.2 Å². The van der Waals surface area contributed by atoms with Crippen LogP contribution in [0.3, 0.4) is 0 Å². The van der Waals surface area contributed by atoms with Crippen LogP contribution in [0.2, 0.25) is 0 Å². The van der Waals surface area contributed by atoms with Gasteiger partial charge in [-0.05, 0) is 43.5 Å². The molecule has 0 radical (unpaired) electrons. The molecule has 0 amide bonds. The Hall–Kier alpha value is -4.58. The smallest absolute Gasteiger partial charge is 0.332 e. The number of aryl methyl sites for hydroxylation is 1. The van der Waals surface area contributed by atoms with Crippen LogP contribution in [0.15, 0.2) is 105 Å². The number of hydrogen-bond donors (Lipinski definition) is 1. The Bertz CT molecular complexity index is 1650. The van der Waals surface area contributed by atoms with E-state index in [1.807, 2.05) is 49.4 Å². The van der Waals surface area contributed by atoms with Crippen LogP contribution in [0.1, 0.15) is 19.4 Å². The molecule has 0 saturated carbocycles. The lowest BCUT2D eigenvalue weighted by atomic mass is 9.96. The van der Waals surface area contributed by atoms with Gasteiger partial charge in [-0.25, -0.2) is 4.79 Å². The van der Waals surface area contributed by atoms with Gasteiger partial charge in [-0.15, -0.1) is 5.10 Å². The number of benzene rings is 3. The number of carbonyl (C=O) groups is 1. The van der Waals surface area contributed by atoms with Gasteiger partial charge in [-0.1, -0.05) is 60.7 Å². The number of fused-ring (bicyclic) bond motifs is 2. The minimum absolute atomic E-state index is 0.312. The number of allylic oxidation sites excluding steroid dienone is 1. The summed E-state index contributed by atoms with van der Waals surface area (Å²) in [6, 6.07) is 24.3. The van der Waals surface area contributed by atoms with Crippen LogP contribution in [-0.4, -0.2) is 12.6 Å². The second kappa shape index (κ2) is 9.96. The van der Waals surface area contributed by atoms with Gasteiger partial charge in [-0.3, -0.25) is 5.43 Å². The van der Waals surface area contributed by atoms with Gasteiger partial charge in [0.25, 0.3) is 0 Å². The number of rotatable bonds is 6. The normalized spacial score (nSPS) is 12.3. The standard InChI is InChI=1S/C30H26N2O4/c1-4-34-28(33)15-19(2)31-32-27-17-23(21-11-7-5-8-12-21)24-16-25-26(22-13-9-6-10-14-22)18-35-29(25)20(3)30(24)36-27/h5-18,31H,4H2,1-3H3/b19-15+,32-27-. The summed E-state index contributed by atoms with van der Waals surface area (Å²) in [6.45, 7) is 5.80. The van der Waals surface area contributed by atoms with Gasteiger partial charge < -0.3 is 13.6 Å². The number of esters is 1. The molecular formula is C30H26N2O4. The van der Waals surface area contributed by atoms with E-state index in [1.54, 1.807) is 20.1 Å². The summed E-state index contributed by atoms with van der Waals surface area (Å²) in [4.78, 5) is 11.7. The summed E-state index contributed by atoms with van der Waals surface area (Å²) in [5.74, 6) is -0.427. The molecule has 0 aliphatic rings. The van der Waals surface area contributed by atoms with Gasteiger partial charge >= 0.3 is 5.97 Å². The molecule has 180 valence electrons. The number of nitrogens with one attached hydrogen (secondary N) is 1. The van der Waals surface area contributed by atoms with E-state index >= 15 is 0 Å². The van der Waals surface area contributed by atoms with Crippen molar-refractivity contribution in [3.8, 4) is 22.3 Å². The maximum atomic E-state index is 11.7. The average Bonchev–Trinajstić information content (AvgIpc) is 3.33. The van der Waals surface area contributed by atoms with E-state index in [4.69, 9.17) is 13.6 Å². The van der Waals surface area contributed by atoms with Crippen LogP contribution in [0.4, 0.5) is 0 Å². The molecule has 2 aromatic heterocycles. The predicted octanol–water partition coefficient (Wildman–Crippen LogP) is 6.69. The highest BCUT2D eigenvalue weighted by Crippen LogP contribution is 2.38. The molecule has 0 bridgehead atoms. The monoisotopic (exact) mass is 478 g/mol. The minimum atomic E-state index is -0.427. The minimum Gasteiger partial charge on any atom is -0.463 e. The molecular weight excluding hydrogens is 452 g/mol. The lowest BCUT2D eigenvalue weighted by molar-refractivity contribution is -0.137. The van der Waals surface area contributed by atoms with Crippen LogP contribution in [-0.2, 0) is 9.53 Å². The second-order valence-electron chi connectivity index (χ2n) is 8.44. The van der Waals surface area contributed by atoms with E-state index in [0.29, 0.717) is 23.4 Å². The van der Waals surface area contributed by atoms with Gasteiger partial charge in [0.05, 0.1) is 12.9 Å². The molecule has 6 heteroatoms. The molecule has 5 aromatic rings. The van der Waals surface area contributed by atoms with Crippen molar-refractivity contribution in [2.45, 2.75) is 20.8 Å². The van der Waals surface area contributed by atoms with Crippen molar-refractivity contribution in [2.24, 2.45) is 5.10 Å². The fourth-order valence-corrected chi connectivity index (χ4v) is 4.27. The van der Waals surface area contributed by atoms with Crippen molar-refractivity contribution in [1.82, 2.24) is 5.43 Å². The number of hydrogen-bond acceptors (Lipinski definition) is 6. The molecule has 0 atom stereocenters. The van der Waals surface area contributed by atoms with Crippen molar-refractivity contribution >= 4 is 27.9 Å². The van der Waals surface area contributed by atoms with E-state index < -0.39 is 5.97 Å². The third-order valence-electron chi connectivity index (χ3n) is 5.94. The van der Waals surface area contributed by atoms with E-state index in [2.05, 4.69) is 40.9 Å². The van der Waals surface area contributed by atoms with Crippen LogP contribution < -0.4 is 11.0 Å². The highest BCUT2D eigenvalue weighted by Gasteiger charge is 2.17. The molecule has 3 aromatic carbocycles.